The number of nitrogens with zero attached hydrogens (tertiary/aromatic N) is 1. The minimum absolute atomic E-state index is 0. The van der Waals surface area contributed by atoms with Crippen LogP contribution in [-0.2, 0) is 11.3 Å². The van der Waals surface area contributed by atoms with Gasteiger partial charge in [0.25, 0.3) is 0 Å². The third kappa shape index (κ3) is 6.62. The molecule has 1 heterocycles. The highest BCUT2D eigenvalue weighted by Crippen LogP contribution is 2.22. The van der Waals surface area contributed by atoms with Gasteiger partial charge in [-0.3, -0.25) is 4.79 Å². The van der Waals surface area contributed by atoms with Crippen LogP contribution in [0.4, 0.5) is 0 Å². The van der Waals surface area contributed by atoms with E-state index in [1.807, 2.05) is 18.2 Å². The molecular formula is C16H21Cl2N3O3. The lowest BCUT2D eigenvalue weighted by molar-refractivity contribution is -0.122. The summed E-state index contributed by atoms with van der Waals surface area (Å²) in [5, 5.41) is 2.74. The number of ether oxygens (including phenoxy) is 2. The normalized spacial score (nSPS) is 10.6. The molecule has 0 fully saturated rings. The zero-order valence-electron chi connectivity index (χ0n) is 13.4. The highest BCUT2D eigenvalue weighted by molar-refractivity contribution is 5.85. The minimum Gasteiger partial charge on any atom is -0.497 e. The number of halogens is 2. The molecule has 0 unspecified atom stereocenters. The third-order valence-electron chi connectivity index (χ3n) is 2.96. The number of carbonyl (C=O) groups excluding carboxylic acids is 1. The van der Waals surface area contributed by atoms with Crippen molar-refractivity contribution < 1.29 is 14.3 Å². The molecule has 0 aliphatic carbocycles. The van der Waals surface area contributed by atoms with Crippen molar-refractivity contribution in [1.82, 2.24) is 10.3 Å². The second-order valence-corrected chi connectivity index (χ2v) is 4.79. The van der Waals surface area contributed by atoms with Gasteiger partial charge in [0.2, 0.25) is 11.8 Å². The van der Waals surface area contributed by atoms with Crippen LogP contribution in [0.5, 0.6) is 17.4 Å². The highest BCUT2D eigenvalue weighted by Gasteiger charge is 2.07. The largest absolute Gasteiger partial charge is 0.497 e. The van der Waals surface area contributed by atoms with Crippen LogP contribution in [-0.4, -0.2) is 24.0 Å². The molecule has 1 amide bonds. The summed E-state index contributed by atoms with van der Waals surface area (Å²) in [6.45, 7) is 2.02. The second kappa shape index (κ2) is 10.7. The minimum atomic E-state index is -0.531. The Morgan fingerprint density at radius 2 is 1.83 bits per heavy atom. The first-order valence-corrected chi connectivity index (χ1v) is 6.88. The van der Waals surface area contributed by atoms with Gasteiger partial charge in [-0.25, -0.2) is 4.98 Å². The molecule has 0 radical (unpaired) electrons. The Morgan fingerprint density at radius 3 is 2.42 bits per heavy atom. The zero-order chi connectivity index (χ0) is 15.9. The van der Waals surface area contributed by atoms with Crippen LogP contribution in [0.3, 0.4) is 0 Å². The summed E-state index contributed by atoms with van der Waals surface area (Å²) in [6.07, 6.45) is 1.63. The second-order valence-electron chi connectivity index (χ2n) is 4.79. The SMILES string of the molecule is COc1ccc(Oc2cc(CNC(=O)[C@@H](C)N)ccn2)cc1.Cl.Cl. The standard InChI is InChI=1S/C16H19N3O3.2ClH/c1-11(17)16(20)19-10-12-7-8-18-15(9-12)22-14-5-3-13(21-2)4-6-14;;/h3-9,11H,10,17H2,1-2H3,(H,19,20);2*1H/t11-;;/m1../s1. The molecule has 6 nitrogen and oxygen atoms in total. The third-order valence-corrected chi connectivity index (χ3v) is 2.96. The number of pyridine rings is 1. The van der Waals surface area contributed by atoms with E-state index in [-0.39, 0.29) is 30.7 Å². The molecule has 1 aromatic heterocycles. The summed E-state index contributed by atoms with van der Waals surface area (Å²) in [4.78, 5) is 15.6. The Bertz CT molecular complexity index is 637. The molecule has 0 spiro atoms. The molecular weight excluding hydrogens is 353 g/mol. The van der Waals surface area contributed by atoms with Crippen LogP contribution in [0.15, 0.2) is 42.6 Å². The number of amides is 1. The smallest absolute Gasteiger partial charge is 0.236 e. The van der Waals surface area contributed by atoms with Crippen LogP contribution in [0, 0.1) is 0 Å². The molecule has 0 bridgehead atoms. The number of nitrogens with two attached hydrogens (primary N) is 1. The molecule has 0 aliphatic rings. The van der Waals surface area contributed by atoms with Gasteiger partial charge in [0.05, 0.1) is 13.2 Å². The Labute approximate surface area is 153 Å². The van der Waals surface area contributed by atoms with E-state index in [4.69, 9.17) is 15.2 Å². The fraction of sp³-hybridized carbons (Fsp3) is 0.250. The summed E-state index contributed by atoms with van der Waals surface area (Å²) >= 11 is 0. The van der Waals surface area contributed by atoms with E-state index in [9.17, 15) is 4.79 Å². The van der Waals surface area contributed by atoms with Crippen LogP contribution in [0.25, 0.3) is 0 Å². The van der Waals surface area contributed by atoms with Gasteiger partial charge in [0, 0.05) is 18.8 Å². The number of carbonyl (C=O) groups is 1. The lowest BCUT2D eigenvalue weighted by Gasteiger charge is -2.09. The number of methoxy groups -OCH3 is 1. The van der Waals surface area contributed by atoms with Crippen molar-refractivity contribution in [1.29, 1.82) is 0 Å². The topological polar surface area (TPSA) is 86.5 Å². The lowest BCUT2D eigenvalue weighted by Crippen LogP contribution is -2.37. The van der Waals surface area contributed by atoms with E-state index in [1.165, 1.54) is 0 Å². The summed E-state index contributed by atoms with van der Waals surface area (Å²) in [6, 6.07) is 10.3. The Hall–Kier alpha value is -2.02. The van der Waals surface area contributed by atoms with Crippen LogP contribution < -0.4 is 20.5 Å². The maximum absolute atomic E-state index is 11.5. The van der Waals surface area contributed by atoms with E-state index < -0.39 is 6.04 Å². The van der Waals surface area contributed by atoms with Gasteiger partial charge in [-0.2, -0.15) is 0 Å². The summed E-state index contributed by atoms with van der Waals surface area (Å²) in [5.41, 5.74) is 6.38. The molecule has 2 rings (SSSR count). The average molecular weight is 374 g/mol. The number of benzene rings is 1. The Balaban J connectivity index is 0.00000264. The van der Waals surface area contributed by atoms with Gasteiger partial charge in [-0.05, 0) is 42.8 Å². The maximum atomic E-state index is 11.5. The summed E-state index contributed by atoms with van der Waals surface area (Å²) in [7, 11) is 1.61. The Morgan fingerprint density at radius 1 is 1.21 bits per heavy atom. The van der Waals surface area contributed by atoms with E-state index in [1.54, 1.807) is 38.4 Å². The van der Waals surface area contributed by atoms with Gasteiger partial charge in [-0.1, -0.05) is 0 Å². The van der Waals surface area contributed by atoms with Gasteiger partial charge in [0.15, 0.2) is 0 Å². The molecule has 24 heavy (non-hydrogen) atoms. The van der Waals surface area contributed by atoms with E-state index in [0.29, 0.717) is 18.2 Å². The predicted molar refractivity (Wildman–Crippen MR) is 97.3 cm³/mol. The van der Waals surface area contributed by atoms with Crippen molar-refractivity contribution in [3.05, 3.63) is 48.2 Å². The molecule has 1 aromatic carbocycles. The zero-order valence-corrected chi connectivity index (χ0v) is 15.0. The first-order valence-electron chi connectivity index (χ1n) is 6.88. The van der Waals surface area contributed by atoms with E-state index in [0.717, 1.165) is 11.3 Å². The number of hydrogen-bond donors (Lipinski definition) is 2. The molecule has 1 atom stereocenters. The van der Waals surface area contributed by atoms with Crippen LogP contribution in [0.1, 0.15) is 12.5 Å². The van der Waals surface area contributed by atoms with Crippen molar-refractivity contribution in [2.75, 3.05) is 7.11 Å². The number of nitrogens with one attached hydrogen (secondary N) is 1. The number of aromatic nitrogens is 1. The van der Waals surface area contributed by atoms with Gasteiger partial charge < -0.3 is 20.5 Å². The van der Waals surface area contributed by atoms with Gasteiger partial charge in [0.1, 0.15) is 11.5 Å². The number of hydrogen-bond acceptors (Lipinski definition) is 5. The van der Waals surface area contributed by atoms with Crippen molar-refractivity contribution in [2.24, 2.45) is 5.73 Å². The highest BCUT2D eigenvalue weighted by atomic mass is 35.5. The van der Waals surface area contributed by atoms with Crippen molar-refractivity contribution >= 4 is 30.7 Å². The fourth-order valence-corrected chi connectivity index (χ4v) is 1.73. The van der Waals surface area contributed by atoms with Crippen molar-refractivity contribution in [3.63, 3.8) is 0 Å². The number of rotatable bonds is 6. The van der Waals surface area contributed by atoms with Crippen LogP contribution in [0.2, 0.25) is 0 Å². The molecule has 8 heteroatoms. The Kier molecular flexibility index (Phi) is 9.80. The molecule has 0 saturated carbocycles. The van der Waals surface area contributed by atoms with Gasteiger partial charge >= 0.3 is 0 Å². The fourth-order valence-electron chi connectivity index (χ4n) is 1.73. The van der Waals surface area contributed by atoms with Crippen LogP contribution >= 0.6 is 24.8 Å². The maximum Gasteiger partial charge on any atom is 0.236 e. The molecule has 0 aliphatic heterocycles. The first kappa shape index (κ1) is 22.0. The quantitative estimate of drug-likeness (QED) is 0.812. The molecule has 3 N–H and O–H groups in total. The first-order chi connectivity index (χ1) is 10.6. The van der Waals surface area contributed by atoms with E-state index in [2.05, 4.69) is 10.3 Å². The summed E-state index contributed by atoms with van der Waals surface area (Å²) in [5.74, 6) is 1.67. The van der Waals surface area contributed by atoms with Gasteiger partial charge in [-0.15, -0.1) is 24.8 Å². The van der Waals surface area contributed by atoms with Crippen molar-refractivity contribution in [3.8, 4) is 17.4 Å². The van der Waals surface area contributed by atoms with Crippen molar-refractivity contribution in [2.45, 2.75) is 19.5 Å². The summed E-state index contributed by atoms with van der Waals surface area (Å²) < 4.78 is 10.8. The monoisotopic (exact) mass is 373 g/mol. The molecule has 132 valence electrons. The average Bonchev–Trinajstić information content (AvgIpc) is 2.53. The molecule has 2 aromatic rings. The lowest BCUT2D eigenvalue weighted by atomic mass is 10.2. The van der Waals surface area contributed by atoms with E-state index >= 15 is 0 Å². The molecule has 0 saturated heterocycles. The predicted octanol–water partition coefficient (Wildman–Crippen LogP) is 2.69.